The van der Waals surface area contributed by atoms with E-state index in [-0.39, 0.29) is 17.9 Å². The second kappa shape index (κ2) is 7.78. The molecule has 2 rings (SSSR count). The minimum Gasteiger partial charge on any atom is -0.496 e. The summed E-state index contributed by atoms with van der Waals surface area (Å²) in [4.78, 5) is 11.6. The maximum Gasteiger partial charge on any atom is 0.573 e. The van der Waals surface area contributed by atoms with Crippen LogP contribution in [0.2, 0.25) is 0 Å². The fourth-order valence-corrected chi connectivity index (χ4v) is 2.01. The zero-order valence-electron chi connectivity index (χ0n) is 13.4. The third-order valence-electron chi connectivity index (χ3n) is 3.13. The number of benzene rings is 2. The lowest BCUT2D eigenvalue weighted by atomic mass is 10.1. The summed E-state index contributed by atoms with van der Waals surface area (Å²) >= 11 is 0. The highest BCUT2D eigenvalue weighted by molar-refractivity contribution is 5.92. The first kappa shape index (κ1) is 18.4. The average molecular weight is 356 g/mol. The molecule has 8 heteroatoms. The van der Waals surface area contributed by atoms with Gasteiger partial charge in [0.1, 0.15) is 29.4 Å². The van der Waals surface area contributed by atoms with Gasteiger partial charge in [-0.05, 0) is 42.0 Å². The van der Waals surface area contributed by atoms with E-state index in [9.17, 15) is 18.0 Å². The molecule has 0 spiro atoms. The van der Waals surface area contributed by atoms with Crippen LogP contribution < -0.4 is 14.2 Å². The predicted octanol–water partition coefficient (Wildman–Crippen LogP) is 3.96. The summed E-state index contributed by atoms with van der Waals surface area (Å²) in [6.07, 6.45) is -4.74. The Morgan fingerprint density at radius 2 is 1.64 bits per heavy atom. The van der Waals surface area contributed by atoms with Gasteiger partial charge in [-0.3, -0.25) is 0 Å². The maximum atomic E-state index is 12.1. The van der Waals surface area contributed by atoms with Crippen molar-refractivity contribution in [1.29, 1.82) is 0 Å². The van der Waals surface area contributed by atoms with Gasteiger partial charge in [-0.1, -0.05) is 6.07 Å². The Labute approximate surface area is 141 Å². The molecule has 0 aliphatic carbocycles. The molecular weight excluding hydrogens is 341 g/mol. The summed E-state index contributed by atoms with van der Waals surface area (Å²) < 4.78 is 55.4. The van der Waals surface area contributed by atoms with Crippen LogP contribution >= 0.6 is 0 Å². The van der Waals surface area contributed by atoms with Crippen LogP contribution in [0.4, 0.5) is 13.2 Å². The van der Waals surface area contributed by atoms with E-state index in [0.717, 1.165) is 12.1 Å². The van der Waals surface area contributed by atoms with E-state index in [1.807, 2.05) is 0 Å². The second-order valence-corrected chi connectivity index (χ2v) is 4.83. The van der Waals surface area contributed by atoms with Crippen molar-refractivity contribution < 1.29 is 36.9 Å². The molecule has 25 heavy (non-hydrogen) atoms. The monoisotopic (exact) mass is 356 g/mol. The Morgan fingerprint density at radius 1 is 1.00 bits per heavy atom. The highest BCUT2D eigenvalue weighted by Gasteiger charge is 2.30. The van der Waals surface area contributed by atoms with Crippen molar-refractivity contribution in [3.63, 3.8) is 0 Å². The van der Waals surface area contributed by atoms with Gasteiger partial charge in [0.15, 0.2) is 0 Å². The van der Waals surface area contributed by atoms with Crippen molar-refractivity contribution in [1.82, 2.24) is 0 Å². The number of hydrogen-bond donors (Lipinski definition) is 0. The molecule has 0 radical (unpaired) electrons. The largest absolute Gasteiger partial charge is 0.573 e. The second-order valence-electron chi connectivity index (χ2n) is 4.83. The number of rotatable bonds is 6. The number of alkyl halides is 3. The Bertz CT molecular complexity index is 726. The zero-order chi connectivity index (χ0) is 18.4. The first-order valence-electron chi connectivity index (χ1n) is 7.06. The smallest absolute Gasteiger partial charge is 0.496 e. The van der Waals surface area contributed by atoms with Gasteiger partial charge in [0.25, 0.3) is 0 Å². The molecule has 0 bridgehead atoms. The van der Waals surface area contributed by atoms with E-state index in [1.54, 1.807) is 18.2 Å². The molecular formula is C17H15F3O5. The molecule has 0 amide bonds. The van der Waals surface area contributed by atoms with Gasteiger partial charge in [0.05, 0.1) is 14.2 Å². The minimum absolute atomic E-state index is 0.136. The van der Waals surface area contributed by atoms with Crippen molar-refractivity contribution in [3.8, 4) is 17.2 Å². The number of halogens is 3. The van der Waals surface area contributed by atoms with Crippen LogP contribution in [0.5, 0.6) is 17.2 Å². The van der Waals surface area contributed by atoms with Crippen LogP contribution in [-0.4, -0.2) is 26.6 Å². The lowest BCUT2D eigenvalue weighted by molar-refractivity contribution is -0.274. The zero-order valence-corrected chi connectivity index (χ0v) is 13.4. The van der Waals surface area contributed by atoms with Crippen LogP contribution in [0.25, 0.3) is 0 Å². The van der Waals surface area contributed by atoms with Crippen molar-refractivity contribution in [2.45, 2.75) is 13.0 Å². The number of hydrogen-bond acceptors (Lipinski definition) is 5. The van der Waals surface area contributed by atoms with E-state index in [0.29, 0.717) is 17.1 Å². The molecule has 0 aliphatic rings. The van der Waals surface area contributed by atoms with E-state index in [2.05, 4.69) is 9.47 Å². The summed E-state index contributed by atoms with van der Waals surface area (Å²) in [5.41, 5.74) is 0.988. The van der Waals surface area contributed by atoms with Gasteiger partial charge in [0, 0.05) is 0 Å². The van der Waals surface area contributed by atoms with E-state index in [4.69, 9.17) is 9.47 Å². The SMILES string of the molecule is COC(=O)c1ccc(COc2ccc(OC(F)(F)F)cc2)cc1OC. The molecule has 2 aromatic rings. The number of carbonyl (C=O) groups excluding carboxylic acids is 1. The summed E-state index contributed by atoms with van der Waals surface area (Å²) in [5, 5.41) is 0. The Balaban J connectivity index is 2.02. The topological polar surface area (TPSA) is 54.0 Å². The number of esters is 1. The van der Waals surface area contributed by atoms with Gasteiger partial charge in [-0.15, -0.1) is 13.2 Å². The quantitative estimate of drug-likeness (QED) is 0.734. The highest BCUT2D eigenvalue weighted by Crippen LogP contribution is 2.26. The number of carbonyl (C=O) groups is 1. The standard InChI is InChI=1S/C17H15F3O5/c1-22-15-9-11(3-8-14(15)16(21)23-2)10-24-12-4-6-13(7-5-12)25-17(18,19)20/h3-9H,10H2,1-2H3. The van der Waals surface area contributed by atoms with Gasteiger partial charge in [0.2, 0.25) is 0 Å². The van der Waals surface area contributed by atoms with Gasteiger partial charge in [-0.2, -0.15) is 0 Å². The Morgan fingerprint density at radius 3 is 2.20 bits per heavy atom. The highest BCUT2D eigenvalue weighted by atomic mass is 19.4. The van der Waals surface area contributed by atoms with Crippen molar-refractivity contribution in [3.05, 3.63) is 53.6 Å². The Hall–Kier alpha value is -2.90. The molecule has 2 aromatic carbocycles. The van der Waals surface area contributed by atoms with Crippen molar-refractivity contribution >= 4 is 5.97 Å². The van der Waals surface area contributed by atoms with Crippen molar-refractivity contribution in [2.75, 3.05) is 14.2 Å². The fourth-order valence-electron chi connectivity index (χ4n) is 2.01. The Kier molecular flexibility index (Phi) is 5.74. The van der Waals surface area contributed by atoms with Crippen LogP contribution in [0, 0.1) is 0 Å². The number of ether oxygens (including phenoxy) is 4. The molecule has 0 aromatic heterocycles. The fraction of sp³-hybridized carbons (Fsp3) is 0.235. The summed E-state index contributed by atoms with van der Waals surface area (Å²) in [7, 11) is 2.69. The molecule has 0 saturated carbocycles. The molecule has 0 atom stereocenters. The summed E-state index contributed by atoms with van der Waals surface area (Å²) in [5.74, 6) is -0.152. The third-order valence-corrected chi connectivity index (χ3v) is 3.13. The first-order valence-corrected chi connectivity index (χ1v) is 7.06. The van der Waals surface area contributed by atoms with Crippen LogP contribution in [0.1, 0.15) is 15.9 Å². The lowest BCUT2D eigenvalue weighted by Gasteiger charge is -2.11. The summed E-state index contributed by atoms with van der Waals surface area (Å²) in [6, 6.07) is 9.86. The molecule has 0 unspecified atom stereocenters. The van der Waals surface area contributed by atoms with E-state index >= 15 is 0 Å². The summed E-state index contributed by atoms with van der Waals surface area (Å²) in [6.45, 7) is 0.136. The molecule has 0 heterocycles. The van der Waals surface area contributed by atoms with Gasteiger partial charge < -0.3 is 18.9 Å². The van der Waals surface area contributed by atoms with Crippen LogP contribution in [0.3, 0.4) is 0 Å². The maximum absolute atomic E-state index is 12.1. The molecule has 0 fully saturated rings. The lowest BCUT2D eigenvalue weighted by Crippen LogP contribution is -2.16. The molecule has 0 saturated heterocycles. The van der Waals surface area contributed by atoms with Crippen LogP contribution in [-0.2, 0) is 11.3 Å². The van der Waals surface area contributed by atoms with Gasteiger partial charge in [-0.25, -0.2) is 4.79 Å². The first-order chi connectivity index (χ1) is 11.8. The molecule has 134 valence electrons. The van der Waals surface area contributed by atoms with E-state index < -0.39 is 12.3 Å². The van der Waals surface area contributed by atoms with Gasteiger partial charge >= 0.3 is 12.3 Å². The molecule has 0 aliphatic heterocycles. The van der Waals surface area contributed by atoms with Crippen LogP contribution in [0.15, 0.2) is 42.5 Å². The van der Waals surface area contributed by atoms with E-state index in [1.165, 1.54) is 26.4 Å². The van der Waals surface area contributed by atoms with Crippen molar-refractivity contribution in [2.24, 2.45) is 0 Å². The molecule has 5 nitrogen and oxygen atoms in total. The third kappa shape index (κ3) is 5.30. The normalized spacial score (nSPS) is 10.9. The predicted molar refractivity (Wildman–Crippen MR) is 81.8 cm³/mol. The number of methoxy groups -OCH3 is 2. The minimum atomic E-state index is -4.74. The average Bonchev–Trinajstić information content (AvgIpc) is 2.59. The molecule has 0 N–H and O–H groups in total.